The van der Waals surface area contributed by atoms with Crippen molar-refractivity contribution in [2.24, 2.45) is 5.73 Å². The van der Waals surface area contributed by atoms with Crippen LogP contribution in [-0.4, -0.2) is 11.5 Å². The van der Waals surface area contributed by atoms with Crippen molar-refractivity contribution in [1.82, 2.24) is 4.98 Å². The van der Waals surface area contributed by atoms with E-state index in [0.717, 1.165) is 18.0 Å². The van der Waals surface area contributed by atoms with Gasteiger partial charge in [-0.25, -0.2) is 4.98 Å². The lowest BCUT2D eigenvalue weighted by atomic mass is 10.1. The topological polar surface area (TPSA) is 38.9 Å². The summed E-state index contributed by atoms with van der Waals surface area (Å²) in [5, 5.41) is 1.32. The van der Waals surface area contributed by atoms with Gasteiger partial charge in [-0.1, -0.05) is 12.8 Å². The Morgan fingerprint density at radius 2 is 2.14 bits per heavy atom. The Bertz CT molecular complexity index is 305. The van der Waals surface area contributed by atoms with Crippen molar-refractivity contribution < 1.29 is 0 Å². The minimum atomic E-state index is 0.687. The Balaban J connectivity index is 2.14. The number of thiazole rings is 1. The van der Waals surface area contributed by atoms with Crippen molar-refractivity contribution in [2.45, 2.75) is 38.0 Å². The first-order chi connectivity index (χ1) is 6.81. The molecule has 78 valence electrons. The maximum atomic E-state index is 5.54. The molecule has 0 radical (unpaired) electrons. The van der Waals surface area contributed by atoms with Crippen LogP contribution in [0.25, 0.3) is 0 Å². The monoisotopic (exact) mass is 274 g/mol. The molecule has 0 saturated heterocycles. The molecule has 0 amide bonds. The lowest BCUT2D eigenvalue weighted by Gasteiger charge is -2.02. The first-order valence-corrected chi connectivity index (χ1v) is 6.77. The van der Waals surface area contributed by atoms with Gasteiger partial charge in [-0.15, -0.1) is 11.3 Å². The second-order valence-electron chi connectivity index (χ2n) is 3.79. The van der Waals surface area contributed by atoms with E-state index in [1.807, 2.05) is 0 Å². The lowest BCUT2D eigenvalue weighted by Crippen LogP contribution is -2.03. The van der Waals surface area contributed by atoms with Crippen LogP contribution >= 0.6 is 27.3 Å². The summed E-state index contributed by atoms with van der Waals surface area (Å²) in [5.74, 6) is 0.725. The molecule has 0 aromatic carbocycles. The molecule has 2 nitrogen and oxygen atoms in total. The van der Waals surface area contributed by atoms with E-state index in [4.69, 9.17) is 5.73 Å². The van der Waals surface area contributed by atoms with Gasteiger partial charge in [0.15, 0.2) is 0 Å². The van der Waals surface area contributed by atoms with Gasteiger partial charge in [-0.3, -0.25) is 0 Å². The lowest BCUT2D eigenvalue weighted by molar-refractivity contribution is 0.711. The average Bonchev–Trinajstić information content (AvgIpc) is 2.76. The van der Waals surface area contributed by atoms with Crippen LogP contribution in [0.1, 0.15) is 42.3 Å². The predicted molar refractivity (Wildman–Crippen MR) is 63.8 cm³/mol. The summed E-state index contributed by atoms with van der Waals surface area (Å²) in [4.78, 5) is 4.67. The molecule has 0 spiro atoms. The SMILES string of the molecule is NCCc1nc(C2CCCC2)sc1Br. The van der Waals surface area contributed by atoms with Crippen molar-refractivity contribution in [3.8, 4) is 0 Å². The molecule has 4 heteroatoms. The third-order valence-electron chi connectivity index (χ3n) is 2.75. The van der Waals surface area contributed by atoms with E-state index in [1.54, 1.807) is 11.3 Å². The van der Waals surface area contributed by atoms with Crippen LogP contribution in [0.5, 0.6) is 0 Å². The molecule has 0 atom stereocenters. The fraction of sp³-hybridized carbons (Fsp3) is 0.700. The molecule has 1 aliphatic carbocycles. The highest BCUT2D eigenvalue weighted by atomic mass is 79.9. The van der Waals surface area contributed by atoms with Gasteiger partial charge in [-0.05, 0) is 35.3 Å². The molecule has 0 bridgehead atoms. The van der Waals surface area contributed by atoms with Crippen LogP contribution in [0.15, 0.2) is 3.79 Å². The highest BCUT2D eigenvalue weighted by molar-refractivity contribution is 9.11. The zero-order valence-electron chi connectivity index (χ0n) is 8.13. The first kappa shape index (κ1) is 10.6. The van der Waals surface area contributed by atoms with Crippen LogP contribution in [0.4, 0.5) is 0 Å². The molecule has 1 fully saturated rings. The summed E-state index contributed by atoms with van der Waals surface area (Å²) in [7, 11) is 0. The van der Waals surface area contributed by atoms with Crippen molar-refractivity contribution >= 4 is 27.3 Å². The number of hydrogen-bond donors (Lipinski definition) is 1. The van der Waals surface area contributed by atoms with Crippen molar-refractivity contribution in [3.63, 3.8) is 0 Å². The van der Waals surface area contributed by atoms with Gasteiger partial charge in [0, 0.05) is 12.3 Å². The number of halogens is 1. The summed E-state index contributed by atoms with van der Waals surface area (Å²) < 4.78 is 1.19. The minimum Gasteiger partial charge on any atom is -0.330 e. The van der Waals surface area contributed by atoms with Crippen LogP contribution < -0.4 is 5.73 Å². The maximum absolute atomic E-state index is 5.54. The summed E-state index contributed by atoms with van der Waals surface area (Å²) in [6.07, 6.45) is 6.27. The highest BCUT2D eigenvalue weighted by Crippen LogP contribution is 2.38. The van der Waals surface area contributed by atoms with Gasteiger partial charge >= 0.3 is 0 Å². The molecule has 14 heavy (non-hydrogen) atoms. The Hall–Kier alpha value is 0.0700. The quantitative estimate of drug-likeness (QED) is 0.920. The Morgan fingerprint density at radius 1 is 1.43 bits per heavy atom. The predicted octanol–water partition coefficient (Wildman–Crippen LogP) is 3.06. The van der Waals surface area contributed by atoms with Crippen molar-refractivity contribution in [1.29, 1.82) is 0 Å². The Morgan fingerprint density at radius 3 is 2.79 bits per heavy atom. The van der Waals surface area contributed by atoms with E-state index in [2.05, 4.69) is 20.9 Å². The summed E-state index contributed by atoms with van der Waals surface area (Å²) in [6.45, 7) is 0.687. The van der Waals surface area contributed by atoms with Crippen LogP contribution in [0.2, 0.25) is 0 Å². The van der Waals surface area contributed by atoms with E-state index in [-0.39, 0.29) is 0 Å². The summed E-state index contributed by atoms with van der Waals surface area (Å²) >= 11 is 5.37. The fourth-order valence-electron chi connectivity index (χ4n) is 1.99. The van der Waals surface area contributed by atoms with Crippen molar-refractivity contribution in [2.75, 3.05) is 6.54 Å². The van der Waals surface area contributed by atoms with Gasteiger partial charge in [-0.2, -0.15) is 0 Å². The zero-order valence-corrected chi connectivity index (χ0v) is 10.5. The molecule has 2 rings (SSSR count). The van der Waals surface area contributed by atoms with Gasteiger partial charge in [0.2, 0.25) is 0 Å². The normalized spacial score (nSPS) is 17.9. The second kappa shape index (κ2) is 4.73. The van der Waals surface area contributed by atoms with Crippen LogP contribution in [0, 0.1) is 0 Å². The molecule has 1 saturated carbocycles. The van der Waals surface area contributed by atoms with Crippen LogP contribution in [0.3, 0.4) is 0 Å². The molecule has 1 heterocycles. The Labute approximate surface area is 97.0 Å². The molecular weight excluding hydrogens is 260 g/mol. The average molecular weight is 275 g/mol. The minimum absolute atomic E-state index is 0.687. The molecule has 2 N–H and O–H groups in total. The number of nitrogens with zero attached hydrogens (tertiary/aromatic N) is 1. The van der Waals surface area contributed by atoms with Gasteiger partial charge < -0.3 is 5.73 Å². The molecule has 1 aromatic rings. The molecular formula is C10H15BrN2S. The van der Waals surface area contributed by atoms with E-state index >= 15 is 0 Å². The summed E-state index contributed by atoms with van der Waals surface area (Å²) in [6, 6.07) is 0. The molecule has 1 aliphatic rings. The van der Waals surface area contributed by atoms with E-state index in [1.165, 1.54) is 34.5 Å². The Kier molecular flexibility index (Phi) is 3.57. The van der Waals surface area contributed by atoms with Crippen LogP contribution in [-0.2, 0) is 6.42 Å². The number of aromatic nitrogens is 1. The molecule has 0 unspecified atom stereocenters. The summed E-state index contributed by atoms with van der Waals surface area (Å²) in [5.41, 5.74) is 6.69. The third-order valence-corrected chi connectivity index (χ3v) is 4.74. The van der Waals surface area contributed by atoms with Gasteiger partial charge in [0.05, 0.1) is 14.5 Å². The van der Waals surface area contributed by atoms with Gasteiger partial charge in [0.25, 0.3) is 0 Å². The largest absolute Gasteiger partial charge is 0.330 e. The second-order valence-corrected chi connectivity index (χ2v) is 6.14. The molecule has 0 aliphatic heterocycles. The molecule has 1 aromatic heterocycles. The number of rotatable bonds is 3. The van der Waals surface area contributed by atoms with Gasteiger partial charge in [0.1, 0.15) is 0 Å². The smallest absolute Gasteiger partial charge is 0.0971 e. The first-order valence-electron chi connectivity index (χ1n) is 5.16. The van der Waals surface area contributed by atoms with E-state index in [9.17, 15) is 0 Å². The van der Waals surface area contributed by atoms with E-state index < -0.39 is 0 Å². The zero-order chi connectivity index (χ0) is 9.97. The fourth-order valence-corrected chi connectivity index (χ4v) is 3.78. The third kappa shape index (κ3) is 2.18. The van der Waals surface area contributed by atoms with Crippen molar-refractivity contribution in [3.05, 3.63) is 14.5 Å². The van der Waals surface area contributed by atoms with E-state index in [0.29, 0.717) is 6.54 Å². The highest BCUT2D eigenvalue weighted by Gasteiger charge is 2.21. The maximum Gasteiger partial charge on any atom is 0.0971 e. The number of nitrogens with two attached hydrogens (primary N) is 1. The number of hydrogen-bond acceptors (Lipinski definition) is 3. The standard InChI is InChI=1S/C10H15BrN2S/c11-9-8(5-6-12)13-10(14-9)7-3-1-2-4-7/h7H,1-6,12H2.